The van der Waals surface area contributed by atoms with E-state index in [0.29, 0.717) is 6.54 Å². The number of nitrogens with zero attached hydrogens (tertiary/aromatic N) is 1. The molecule has 0 fully saturated rings. The number of fused-ring (bicyclic) bond motifs is 1. The fourth-order valence-electron chi connectivity index (χ4n) is 2.09. The van der Waals surface area contributed by atoms with Gasteiger partial charge in [-0.25, -0.2) is 0 Å². The molecule has 1 unspecified atom stereocenters. The highest BCUT2D eigenvalue weighted by molar-refractivity contribution is 7.39. The highest BCUT2D eigenvalue weighted by atomic mass is 31.0. The summed E-state index contributed by atoms with van der Waals surface area (Å²) in [6, 6.07) is 7.87. The van der Waals surface area contributed by atoms with Crippen LogP contribution in [0.4, 0.5) is 4.79 Å². The fourth-order valence-corrected chi connectivity index (χ4v) is 2.32. The Labute approximate surface area is 122 Å². The van der Waals surface area contributed by atoms with Gasteiger partial charge in [0.25, 0.3) is 0 Å². The van der Waals surface area contributed by atoms with E-state index in [4.69, 9.17) is 0 Å². The predicted molar refractivity (Wildman–Crippen MR) is 86.0 cm³/mol. The fraction of sp³-hybridized carbons (Fsp3) is 0.118. The number of rotatable bonds is 2. The Hall–Kier alpha value is -2.10. The third-order valence-corrected chi connectivity index (χ3v) is 3.35. The first-order valence-corrected chi connectivity index (χ1v) is 6.91. The maximum absolute atomic E-state index is 11.9. The molecule has 1 amide bonds. The third-order valence-electron chi connectivity index (χ3n) is 3.04. The van der Waals surface area contributed by atoms with E-state index in [1.807, 2.05) is 43.3 Å². The summed E-state index contributed by atoms with van der Waals surface area (Å²) < 4.78 is 0. The van der Waals surface area contributed by atoms with Crippen LogP contribution in [0.2, 0.25) is 0 Å². The van der Waals surface area contributed by atoms with Gasteiger partial charge in [0, 0.05) is 11.1 Å². The average Bonchev–Trinajstić information content (AvgIpc) is 2.42. The van der Waals surface area contributed by atoms with Crippen molar-refractivity contribution in [2.45, 2.75) is 13.5 Å². The second-order valence-electron chi connectivity index (χ2n) is 4.33. The third kappa shape index (κ3) is 2.90. The summed E-state index contributed by atoms with van der Waals surface area (Å²) in [5.41, 5.74) is 3.43. The van der Waals surface area contributed by atoms with Crippen molar-refractivity contribution in [2.24, 2.45) is 0 Å². The molecular weight excluding hydrogens is 265 g/mol. The highest BCUT2D eigenvalue weighted by Crippen LogP contribution is 2.23. The number of carbonyl (C=O) groups is 1. The van der Waals surface area contributed by atoms with Crippen LogP contribution in [0.3, 0.4) is 0 Å². The van der Waals surface area contributed by atoms with Gasteiger partial charge in [-0.2, -0.15) is 0 Å². The van der Waals surface area contributed by atoms with Crippen LogP contribution in [-0.4, -0.2) is 10.5 Å². The summed E-state index contributed by atoms with van der Waals surface area (Å²) in [6.07, 6.45) is 5.49. The molecule has 2 nitrogen and oxygen atoms in total. The Kier molecular flexibility index (Phi) is 4.56. The SMILES string of the molecule is C=C/C1=C(\C=C/C)C#Cc2ccccc2CN1C(=O)P. The van der Waals surface area contributed by atoms with Crippen molar-refractivity contribution >= 4 is 14.9 Å². The lowest BCUT2D eigenvalue weighted by Gasteiger charge is -2.24. The van der Waals surface area contributed by atoms with Crippen LogP contribution in [0.15, 0.2) is 60.3 Å². The summed E-state index contributed by atoms with van der Waals surface area (Å²) in [5.74, 6) is 6.31. The second kappa shape index (κ2) is 6.37. The van der Waals surface area contributed by atoms with E-state index < -0.39 is 0 Å². The molecule has 0 saturated carbocycles. The van der Waals surface area contributed by atoms with Crippen LogP contribution in [0.25, 0.3) is 0 Å². The molecule has 100 valence electrons. The predicted octanol–water partition coefficient (Wildman–Crippen LogP) is 3.87. The average molecular weight is 281 g/mol. The van der Waals surface area contributed by atoms with Gasteiger partial charge >= 0.3 is 0 Å². The van der Waals surface area contributed by atoms with Crippen molar-refractivity contribution < 1.29 is 4.79 Å². The smallest absolute Gasteiger partial charge is 0.242 e. The number of hydrogen-bond acceptors (Lipinski definition) is 1. The maximum atomic E-state index is 11.9. The number of allylic oxidation sites excluding steroid dienone is 4. The van der Waals surface area contributed by atoms with Gasteiger partial charge in [0.1, 0.15) is 0 Å². The quantitative estimate of drug-likeness (QED) is 0.595. The second-order valence-corrected chi connectivity index (χ2v) is 4.83. The summed E-state index contributed by atoms with van der Waals surface area (Å²) in [6.45, 7) is 6.24. The van der Waals surface area contributed by atoms with Gasteiger partial charge in [0.2, 0.25) is 5.65 Å². The lowest BCUT2D eigenvalue weighted by atomic mass is 10.0. The first-order valence-electron chi connectivity index (χ1n) is 6.33. The van der Waals surface area contributed by atoms with Crippen LogP contribution in [0.5, 0.6) is 0 Å². The molecule has 1 aromatic rings. The van der Waals surface area contributed by atoms with Crippen molar-refractivity contribution in [3.05, 3.63) is 71.5 Å². The molecule has 1 atom stereocenters. The Morgan fingerprint density at radius 1 is 1.40 bits per heavy atom. The maximum Gasteiger partial charge on any atom is 0.242 e. The molecule has 2 rings (SSSR count). The minimum atomic E-state index is -0.0968. The zero-order valence-corrected chi connectivity index (χ0v) is 12.5. The molecular formula is C17H16NOP. The van der Waals surface area contributed by atoms with E-state index in [-0.39, 0.29) is 5.65 Å². The van der Waals surface area contributed by atoms with Gasteiger partial charge in [-0.05, 0) is 39.9 Å². The Balaban J connectivity index is 2.67. The van der Waals surface area contributed by atoms with E-state index in [2.05, 4.69) is 27.7 Å². The largest absolute Gasteiger partial charge is 0.304 e. The van der Waals surface area contributed by atoms with Gasteiger partial charge in [0.05, 0.1) is 12.2 Å². The molecule has 1 aromatic carbocycles. The topological polar surface area (TPSA) is 20.3 Å². The molecule has 0 aromatic heterocycles. The summed E-state index contributed by atoms with van der Waals surface area (Å²) in [7, 11) is 2.22. The molecule has 0 N–H and O–H groups in total. The van der Waals surface area contributed by atoms with E-state index in [1.165, 1.54) is 0 Å². The van der Waals surface area contributed by atoms with Crippen molar-refractivity contribution in [1.29, 1.82) is 0 Å². The lowest BCUT2D eigenvalue weighted by Crippen LogP contribution is -2.26. The van der Waals surface area contributed by atoms with E-state index in [1.54, 1.807) is 11.0 Å². The van der Waals surface area contributed by atoms with Crippen LogP contribution < -0.4 is 0 Å². The van der Waals surface area contributed by atoms with Crippen LogP contribution in [0, 0.1) is 11.8 Å². The Bertz CT molecular complexity index is 674. The summed E-state index contributed by atoms with van der Waals surface area (Å²) >= 11 is 0. The van der Waals surface area contributed by atoms with Gasteiger partial charge < -0.3 is 4.90 Å². The van der Waals surface area contributed by atoms with E-state index in [9.17, 15) is 4.79 Å². The minimum Gasteiger partial charge on any atom is -0.304 e. The molecule has 1 heterocycles. The lowest BCUT2D eigenvalue weighted by molar-refractivity contribution is 0.234. The van der Waals surface area contributed by atoms with Crippen molar-refractivity contribution in [1.82, 2.24) is 4.90 Å². The first-order chi connectivity index (χ1) is 9.67. The molecule has 20 heavy (non-hydrogen) atoms. The van der Waals surface area contributed by atoms with Gasteiger partial charge in [-0.1, -0.05) is 42.7 Å². The molecule has 0 aliphatic carbocycles. The summed E-state index contributed by atoms with van der Waals surface area (Å²) in [4.78, 5) is 13.6. The molecule has 0 saturated heterocycles. The number of carbonyl (C=O) groups excluding carboxylic acids is 1. The van der Waals surface area contributed by atoms with Crippen LogP contribution in [0.1, 0.15) is 18.1 Å². The molecule has 0 radical (unpaired) electrons. The molecule has 0 bridgehead atoms. The monoisotopic (exact) mass is 281 g/mol. The number of amides is 1. The van der Waals surface area contributed by atoms with Crippen LogP contribution in [-0.2, 0) is 6.54 Å². The molecule has 1 aliphatic rings. The Morgan fingerprint density at radius 2 is 2.15 bits per heavy atom. The first kappa shape index (κ1) is 14.3. The summed E-state index contributed by atoms with van der Waals surface area (Å²) in [5, 5.41) is 0. The van der Waals surface area contributed by atoms with Crippen LogP contribution >= 0.6 is 9.24 Å². The molecule has 0 spiro atoms. The van der Waals surface area contributed by atoms with Gasteiger partial charge in [-0.3, -0.25) is 4.79 Å². The normalized spacial score (nSPS) is 17.8. The molecule has 3 heteroatoms. The standard InChI is InChI=1S/C17H16NOP/c1-3-7-14-11-10-13-8-5-6-9-15(13)12-18(17(19)20)16(14)4-2/h3-9H,2,12,20H2,1H3/b7-3-,16-14-. The van der Waals surface area contributed by atoms with Crippen molar-refractivity contribution in [3.63, 3.8) is 0 Å². The zero-order chi connectivity index (χ0) is 14.5. The van der Waals surface area contributed by atoms with Gasteiger partial charge in [0.15, 0.2) is 0 Å². The zero-order valence-electron chi connectivity index (χ0n) is 11.4. The van der Waals surface area contributed by atoms with E-state index >= 15 is 0 Å². The highest BCUT2D eigenvalue weighted by Gasteiger charge is 2.18. The van der Waals surface area contributed by atoms with Gasteiger partial charge in [-0.15, -0.1) is 0 Å². The van der Waals surface area contributed by atoms with Crippen molar-refractivity contribution in [3.8, 4) is 11.8 Å². The molecule has 1 aliphatic heterocycles. The Morgan fingerprint density at radius 3 is 2.80 bits per heavy atom. The van der Waals surface area contributed by atoms with E-state index in [0.717, 1.165) is 22.4 Å². The minimum absolute atomic E-state index is 0.0968. The number of hydrogen-bond donors (Lipinski definition) is 0. The van der Waals surface area contributed by atoms with Crippen molar-refractivity contribution in [2.75, 3.05) is 0 Å². The number of benzene rings is 1.